The van der Waals surface area contributed by atoms with E-state index in [0.29, 0.717) is 35.6 Å². The first kappa shape index (κ1) is 31.7. The largest absolute Gasteiger partial charge is 0.478 e. The fourth-order valence-corrected chi connectivity index (χ4v) is 5.97. The van der Waals surface area contributed by atoms with E-state index in [0.717, 1.165) is 29.5 Å². The Morgan fingerprint density at radius 3 is 2.15 bits per heavy atom. The number of carbonyl (C=O) groups is 2. The Bertz CT molecular complexity index is 1800. The van der Waals surface area contributed by atoms with Gasteiger partial charge >= 0.3 is 6.09 Å². The SMILES string of the molecule is CNC1CCN(C(=O)Oc2c(C)c(C(=O)NCc3ccc(F)cc3)c(OC(c3ccccc3)c3ccccc3)c3ncccc23)CC1. The van der Waals surface area contributed by atoms with Crippen LogP contribution in [0.1, 0.15) is 51.6 Å². The van der Waals surface area contributed by atoms with Crippen molar-refractivity contribution in [2.24, 2.45) is 0 Å². The Labute approximate surface area is 273 Å². The van der Waals surface area contributed by atoms with E-state index >= 15 is 0 Å². The summed E-state index contributed by atoms with van der Waals surface area (Å²) >= 11 is 0. The standard InChI is InChI=1S/C38H37FN4O4/c1-25-32(37(44)42-24-26-15-17-29(39)18-16-26)36(46-35(27-10-5-3-6-11-27)28-12-7-4-8-13-28)33-31(14-9-21-41-33)34(25)47-38(45)43-22-19-30(40-2)20-23-43/h3-18,21,30,35,40H,19-20,22-24H2,1-2H3,(H,42,44). The molecule has 1 aliphatic heterocycles. The van der Waals surface area contributed by atoms with Crippen molar-refractivity contribution < 1.29 is 23.5 Å². The molecule has 4 aromatic carbocycles. The van der Waals surface area contributed by atoms with Crippen molar-refractivity contribution in [1.29, 1.82) is 0 Å². The number of benzene rings is 4. The Kier molecular flexibility index (Phi) is 9.73. The fourth-order valence-electron chi connectivity index (χ4n) is 5.97. The van der Waals surface area contributed by atoms with Crippen LogP contribution in [0, 0.1) is 12.7 Å². The van der Waals surface area contributed by atoms with Crippen molar-refractivity contribution >= 4 is 22.9 Å². The lowest BCUT2D eigenvalue weighted by Gasteiger charge is -2.31. The van der Waals surface area contributed by atoms with Crippen LogP contribution in [0.3, 0.4) is 0 Å². The maximum Gasteiger partial charge on any atom is 0.415 e. The Hall–Kier alpha value is -5.28. The quantitative estimate of drug-likeness (QED) is 0.183. The molecule has 2 amide bonds. The van der Waals surface area contributed by atoms with Gasteiger partial charge in [0.2, 0.25) is 0 Å². The number of fused-ring (bicyclic) bond motifs is 1. The number of hydrogen-bond acceptors (Lipinski definition) is 6. The molecule has 8 nitrogen and oxygen atoms in total. The summed E-state index contributed by atoms with van der Waals surface area (Å²) < 4.78 is 26.6. The lowest BCUT2D eigenvalue weighted by Crippen LogP contribution is -2.45. The number of ether oxygens (including phenoxy) is 2. The predicted molar refractivity (Wildman–Crippen MR) is 179 cm³/mol. The summed E-state index contributed by atoms with van der Waals surface area (Å²) in [4.78, 5) is 34.1. The van der Waals surface area contributed by atoms with E-state index in [-0.39, 0.29) is 29.4 Å². The van der Waals surface area contributed by atoms with Crippen molar-refractivity contribution in [1.82, 2.24) is 20.5 Å². The number of amides is 2. The van der Waals surface area contributed by atoms with Gasteiger partial charge in [0.15, 0.2) is 5.75 Å². The van der Waals surface area contributed by atoms with E-state index in [9.17, 15) is 14.0 Å². The third kappa shape index (κ3) is 7.10. The van der Waals surface area contributed by atoms with Gasteiger partial charge in [0.05, 0.1) is 5.56 Å². The lowest BCUT2D eigenvalue weighted by atomic mass is 9.98. The van der Waals surface area contributed by atoms with Crippen LogP contribution in [0.15, 0.2) is 103 Å². The molecule has 2 heterocycles. The maximum absolute atomic E-state index is 14.2. The van der Waals surface area contributed by atoms with Crippen molar-refractivity contribution in [2.45, 2.75) is 38.5 Å². The van der Waals surface area contributed by atoms with Crippen molar-refractivity contribution in [2.75, 3.05) is 20.1 Å². The van der Waals surface area contributed by atoms with Crippen LogP contribution in [-0.2, 0) is 6.54 Å². The molecule has 0 bridgehead atoms. The minimum atomic E-state index is -0.576. The Morgan fingerprint density at radius 2 is 1.53 bits per heavy atom. The lowest BCUT2D eigenvalue weighted by molar-refractivity contribution is 0.0943. The number of nitrogens with zero attached hydrogens (tertiary/aromatic N) is 2. The van der Waals surface area contributed by atoms with E-state index in [1.54, 1.807) is 36.2 Å². The Balaban J connectivity index is 1.45. The molecule has 6 rings (SSSR count). The molecule has 0 unspecified atom stereocenters. The molecule has 0 spiro atoms. The normalized spacial score (nSPS) is 13.5. The molecule has 2 N–H and O–H groups in total. The molecule has 1 aromatic heterocycles. The first-order valence-electron chi connectivity index (χ1n) is 15.8. The molecule has 5 aromatic rings. The second-order valence-corrected chi connectivity index (χ2v) is 11.6. The summed E-state index contributed by atoms with van der Waals surface area (Å²) in [5, 5.41) is 6.79. The number of carbonyl (C=O) groups excluding carboxylic acids is 2. The van der Waals surface area contributed by atoms with Gasteiger partial charge in [0.1, 0.15) is 23.2 Å². The van der Waals surface area contributed by atoms with Gasteiger partial charge in [-0.3, -0.25) is 9.78 Å². The van der Waals surface area contributed by atoms with Crippen molar-refractivity contribution in [3.8, 4) is 11.5 Å². The van der Waals surface area contributed by atoms with Gasteiger partial charge in [-0.1, -0.05) is 72.8 Å². The third-order valence-corrected chi connectivity index (χ3v) is 8.59. The van der Waals surface area contributed by atoms with Crippen LogP contribution in [-0.4, -0.2) is 48.1 Å². The van der Waals surface area contributed by atoms with E-state index in [4.69, 9.17) is 9.47 Å². The van der Waals surface area contributed by atoms with E-state index in [1.165, 1.54) is 12.1 Å². The van der Waals surface area contributed by atoms with Crippen LogP contribution in [0.25, 0.3) is 10.9 Å². The number of pyridine rings is 1. The zero-order valence-corrected chi connectivity index (χ0v) is 26.4. The molecular weight excluding hydrogens is 595 g/mol. The number of piperidine rings is 1. The number of hydrogen-bond donors (Lipinski definition) is 2. The molecule has 1 fully saturated rings. The molecule has 1 saturated heterocycles. The molecule has 47 heavy (non-hydrogen) atoms. The first-order valence-corrected chi connectivity index (χ1v) is 15.8. The van der Waals surface area contributed by atoms with Gasteiger partial charge in [-0.15, -0.1) is 0 Å². The molecule has 0 radical (unpaired) electrons. The number of aromatic nitrogens is 1. The van der Waals surface area contributed by atoms with Gasteiger partial charge in [-0.2, -0.15) is 0 Å². The second-order valence-electron chi connectivity index (χ2n) is 11.6. The van der Waals surface area contributed by atoms with E-state index in [2.05, 4.69) is 15.6 Å². The smallest absolute Gasteiger partial charge is 0.415 e. The summed E-state index contributed by atoms with van der Waals surface area (Å²) in [6.45, 7) is 3.01. The van der Waals surface area contributed by atoms with Gasteiger partial charge < -0.3 is 25.0 Å². The molecule has 9 heteroatoms. The van der Waals surface area contributed by atoms with Crippen LogP contribution < -0.4 is 20.1 Å². The minimum Gasteiger partial charge on any atom is -0.478 e. The van der Waals surface area contributed by atoms with E-state index in [1.807, 2.05) is 73.8 Å². The highest BCUT2D eigenvalue weighted by molar-refractivity contribution is 6.07. The summed E-state index contributed by atoms with van der Waals surface area (Å²) in [5.74, 6) is -0.283. The number of halogens is 1. The highest BCUT2D eigenvalue weighted by Crippen LogP contribution is 2.42. The van der Waals surface area contributed by atoms with E-state index < -0.39 is 18.1 Å². The topological polar surface area (TPSA) is 92.8 Å². The van der Waals surface area contributed by atoms with Crippen LogP contribution in [0.2, 0.25) is 0 Å². The maximum atomic E-state index is 14.2. The number of nitrogens with one attached hydrogen (secondary N) is 2. The zero-order valence-electron chi connectivity index (χ0n) is 26.4. The van der Waals surface area contributed by atoms with Gasteiger partial charge in [0.25, 0.3) is 5.91 Å². The Morgan fingerprint density at radius 1 is 0.894 bits per heavy atom. The molecular formula is C38H37FN4O4. The third-order valence-electron chi connectivity index (χ3n) is 8.59. The summed E-state index contributed by atoms with van der Waals surface area (Å²) in [5.41, 5.74) is 3.53. The molecule has 0 atom stereocenters. The predicted octanol–water partition coefficient (Wildman–Crippen LogP) is 6.96. The molecule has 0 saturated carbocycles. The van der Waals surface area contributed by atoms with Gasteiger partial charge in [-0.05, 0) is 67.8 Å². The number of rotatable bonds is 9. The monoisotopic (exact) mass is 632 g/mol. The van der Waals surface area contributed by atoms with Crippen molar-refractivity contribution in [3.05, 3.63) is 137 Å². The number of likely N-dealkylation sites (tertiary alicyclic amines) is 1. The van der Waals surface area contributed by atoms with Crippen LogP contribution >= 0.6 is 0 Å². The van der Waals surface area contributed by atoms with Gasteiger partial charge in [-0.25, -0.2) is 9.18 Å². The van der Waals surface area contributed by atoms with Crippen LogP contribution in [0.5, 0.6) is 11.5 Å². The first-order chi connectivity index (χ1) is 22.9. The minimum absolute atomic E-state index is 0.147. The summed E-state index contributed by atoms with van der Waals surface area (Å²) in [7, 11) is 1.92. The molecule has 0 aliphatic carbocycles. The van der Waals surface area contributed by atoms with Crippen LogP contribution in [0.4, 0.5) is 9.18 Å². The average molecular weight is 633 g/mol. The molecule has 1 aliphatic rings. The summed E-state index contributed by atoms with van der Waals surface area (Å²) in [6.07, 6.45) is 2.20. The van der Waals surface area contributed by atoms with Crippen molar-refractivity contribution in [3.63, 3.8) is 0 Å². The summed E-state index contributed by atoms with van der Waals surface area (Å²) in [6, 6.07) is 29.4. The highest BCUT2D eigenvalue weighted by atomic mass is 19.1. The second kappa shape index (κ2) is 14.4. The average Bonchev–Trinajstić information content (AvgIpc) is 3.12. The molecule has 240 valence electrons. The zero-order chi connectivity index (χ0) is 32.8. The van der Waals surface area contributed by atoms with Gasteiger partial charge in [0, 0.05) is 42.8 Å². The fraction of sp³-hybridized carbons (Fsp3) is 0.237. The highest BCUT2D eigenvalue weighted by Gasteiger charge is 2.30.